The molecule has 0 spiro atoms. The van der Waals surface area contributed by atoms with Crippen LogP contribution in [0.1, 0.15) is 11.7 Å². The maximum atomic E-state index is 9.86. The standard InChI is InChI=1S/C11H14BrClO4/c1-16-8-3-6(11(15)7(14)5-13)4-9(17-2)10(8)12/h3-4,7,11,14-15H,5H2,1-2H3. The minimum atomic E-state index is -1.08. The molecule has 1 rings (SSSR count). The summed E-state index contributed by atoms with van der Waals surface area (Å²) < 4.78 is 10.9. The van der Waals surface area contributed by atoms with Crippen molar-refractivity contribution in [2.75, 3.05) is 20.1 Å². The lowest BCUT2D eigenvalue weighted by Gasteiger charge is -2.18. The number of rotatable bonds is 5. The fourth-order valence-electron chi connectivity index (χ4n) is 1.37. The van der Waals surface area contributed by atoms with E-state index in [1.54, 1.807) is 12.1 Å². The van der Waals surface area contributed by atoms with Crippen LogP contribution >= 0.6 is 27.5 Å². The lowest BCUT2D eigenvalue weighted by atomic mass is 10.0. The quantitative estimate of drug-likeness (QED) is 0.814. The fraction of sp³-hybridized carbons (Fsp3) is 0.455. The van der Waals surface area contributed by atoms with Crippen molar-refractivity contribution in [3.8, 4) is 11.5 Å². The molecular weight excluding hydrogens is 311 g/mol. The largest absolute Gasteiger partial charge is 0.495 e. The number of hydrogen-bond acceptors (Lipinski definition) is 4. The second kappa shape index (κ2) is 6.44. The SMILES string of the molecule is COc1cc(C(O)C(O)CCl)cc(OC)c1Br. The molecule has 2 unspecified atom stereocenters. The highest BCUT2D eigenvalue weighted by atomic mass is 79.9. The van der Waals surface area contributed by atoms with Gasteiger partial charge in [0.1, 0.15) is 22.1 Å². The van der Waals surface area contributed by atoms with E-state index in [4.69, 9.17) is 21.1 Å². The molecule has 0 saturated carbocycles. The highest BCUT2D eigenvalue weighted by Crippen LogP contribution is 2.37. The highest BCUT2D eigenvalue weighted by molar-refractivity contribution is 9.10. The van der Waals surface area contributed by atoms with Gasteiger partial charge in [0.2, 0.25) is 0 Å². The zero-order valence-electron chi connectivity index (χ0n) is 9.48. The molecule has 1 aromatic rings. The predicted molar refractivity (Wildman–Crippen MR) is 68.9 cm³/mol. The first-order chi connectivity index (χ1) is 8.04. The third-order valence-corrected chi connectivity index (χ3v) is 3.43. The van der Waals surface area contributed by atoms with Gasteiger partial charge in [-0.25, -0.2) is 0 Å². The Morgan fingerprint density at radius 1 is 1.24 bits per heavy atom. The van der Waals surface area contributed by atoms with Crippen LogP contribution in [0.2, 0.25) is 0 Å². The zero-order chi connectivity index (χ0) is 13.0. The minimum Gasteiger partial charge on any atom is -0.495 e. The number of halogens is 2. The van der Waals surface area contributed by atoms with Crippen molar-refractivity contribution in [1.29, 1.82) is 0 Å². The van der Waals surface area contributed by atoms with Gasteiger partial charge >= 0.3 is 0 Å². The second-order valence-electron chi connectivity index (χ2n) is 3.41. The third-order valence-electron chi connectivity index (χ3n) is 2.33. The van der Waals surface area contributed by atoms with Crippen molar-refractivity contribution in [3.05, 3.63) is 22.2 Å². The van der Waals surface area contributed by atoms with Gasteiger partial charge in [-0.2, -0.15) is 0 Å². The molecule has 0 fully saturated rings. The van der Waals surface area contributed by atoms with Crippen molar-refractivity contribution < 1.29 is 19.7 Å². The van der Waals surface area contributed by atoms with E-state index in [1.165, 1.54) is 14.2 Å². The second-order valence-corrected chi connectivity index (χ2v) is 4.51. The van der Waals surface area contributed by atoms with Gasteiger partial charge < -0.3 is 19.7 Å². The summed E-state index contributed by atoms with van der Waals surface area (Å²) in [5.41, 5.74) is 0.482. The van der Waals surface area contributed by atoms with E-state index in [-0.39, 0.29) is 5.88 Å². The molecule has 2 atom stereocenters. The summed E-state index contributed by atoms with van der Waals surface area (Å²) in [5.74, 6) is 0.974. The van der Waals surface area contributed by atoms with E-state index >= 15 is 0 Å². The molecule has 6 heteroatoms. The molecule has 0 saturated heterocycles. The Hall–Kier alpha value is -0.490. The molecule has 17 heavy (non-hydrogen) atoms. The van der Waals surface area contributed by atoms with Crippen LogP contribution in [0.25, 0.3) is 0 Å². The Kier molecular flexibility index (Phi) is 5.52. The fourth-order valence-corrected chi connectivity index (χ4v) is 2.09. The van der Waals surface area contributed by atoms with Crippen LogP contribution in [0.4, 0.5) is 0 Å². The van der Waals surface area contributed by atoms with Crippen LogP contribution < -0.4 is 9.47 Å². The Bertz CT molecular complexity index is 361. The maximum Gasteiger partial charge on any atom is 0.137 e. The molecule has 0 amide bonds. The van der Waals surface area contributed by atoms with Crippen molar-refractivity contribution in [3.63, 3.8) is 0 Å². The smallest absolute Gasteiger partial charge is 0.137 e. The summed E-state index contributed by atoms with van der Waals surface area (Å²) in [7, 11) is 3.02. The van der Waals surface area contributed by atoms with E-state index in [0.29, 0.717) is 21.5 Å². The van der Waals surface area contributed by atoms with Gasteiger partial charge in [-0.15, -0.1) is 11.6 Å². The Morgan fingerprint density at radius 2 is 1.71 bits per heavy atom. The summed E-state index contributed by atoms with van der Waals surface area (Å²) in [6, 6.07) is 3.24. The van der Waals surface area contributed by atoms with Gasteiger partial charge in [0, 0.05) is 0 Å². The summed E-state index contributed by atoms with van der Waals surface area (Å²) in [4.78, 5) is 0. The number of methoxy groups -OCH3 is 2. The van der Waals surface area contributed by atoms with E-state index in [1.807, 2.05) is 0 Å². The Labute approximate surface area is 113 Å². The molecule has 0 heterocycles. The highest BCUT2D eigenvalue weighted by Gasteiger charge is 2.20. The van der Waals surface area contributed by atoms with Gasteiger partial charge in [0.15, 0.2) is 0 Å². The van der Waals surface area contributed by atoms with Crippen LogP contribution in [-0.4, -0.2) is 36.4 Å². The van der Waals surface area contributed by atoms with Crippen molar-refractivity contribution in [2.24, 2.45) is 0 Å². The van der Waals surface area contributed by atoms with Crippen LogP contribution in [0.15, 0.2) is 16.6 Å². The molecule has 0 aromatic heterocycles. The molecule has 4 nitrogen and oxygen atoms in total. The number of alkyl halides is 1. The molecular formula is C11H14BrClO4. The summed E-state index contributed by atoms with van der Waals surface area (Å²) >= 11 is 8.81. The van der Waals surface area contributed by atoms with Gasteiger partial charge in [-0.3, -0.25) is 0 Å². The molecule has 1 aromatic carbocycles. The molecule has 0 bridgehead atoms. The summed E-state index contributed by atoms with van der Waals surface area (Å²) in [5, 5.41) is 19.4. The average molecular weight is 326 g/mol. The Balaban J connectivity index is 3.17. The molecule has 2 N–H and O–H groups in total. The average Bonchev–Trinajstić information content (AvgIpc) is 2.37. The zero-order valence-corrected chi connectivity index (χ0v) is 11.8. The van der Waals surface area contributed by atoms with Crippen LogP contribution in [0.3, 0.4) is 0 Å². The minimum absolute atomic E-state index is 0.0537. The topological polar surface area (TPSA) is 58.9 Å². The monoisotopic (exact) mass is 324 g/mol. The van der Waals surface area contributed by atoms with E-state index in [2.05, 4.69) is 15.9 Å². The number of ether oxygens (including phenoxy) is 2. The van der Waals surface area contributed by atoms with E-state index in [0.717, 1.165) is 0 Å². The van der Waals surface area contributed by atoms with Gasteiger partial charge in [0.25, 0.3) is 0 Å². The lowest BCUT2D eigenvalue weighted by Crippen LogP contribution is -2.19. The first-order valence-electron chi connectivity index (χ1n) is 4.88. The van der Waals surface area contributed by atoms with E-state index < -0.39 is 12.2 Å². The van der Waals surface area contributed by atoms with Gasteiger partial charge in [-0.05, 0) is 33.6 Å². The molecule has 0 aliphatic heterocycles. The Morgan fingerprint density at radius 3 is 2.06 bits per heavy atom. The number of aliphatic hydroxyl groups is 2. The summed E-state index contributed by atoms with van der Waals surface area (Å²) in [6.07, 6.45) is -2.12. The first kappa shape index (κ1) is 14.6. The third kappa shape index (κ3) is 3.25. The normalized spacial score (nSPS) is 14.2. The van der Waals surface area contributed by atoms with Crippen molar-refractivity contribution >= 4 is 27.5 Å². The number of benzene rings is 1. The van der Waals surface area contributed by atoms with Gasteiger partial charge in [-0.1, -0.05) is 0 Å². The predicted octanol–water partition coefficient (Wildman–Crippen LogP) is 2.10. The molecule has 96 valence electrons. The lowest BCUT2D eigenvalue weighted by molar-refractivity contribution is 0.0324. The molecule has 0 radical (unpaired) electrons. The van der Waals surface area contributed by atoms with Crippen LogP contribution in [0, 0.1) is 0 Å². The maximum absolute atomic E-state index is 9.86. The van der Waals surface area contributed by atoms with E-state index in [9.17, 15) is 10.2 Å². The summed E-state index contributed by atoms with van der Waals surface area (Å²) in [6.45, 7) is 0. The van der Waals surface area contributed by atoms with Crippen LogP contribution in [0.5, 0.6) is 11.5 Å². The molecule has 0 aliphatic rings. The van der Waals surface area contributed by atoms with Crippen LogP contribution in [-0.2, 0) is 0 Å². The van der Waals surface area contributed by atoms with Crippen molar-refractivity contribution in [2.45, 2.75) is 12.2 Å². The first-order valence-corrected chi connectivity index (χ1v) is 6.21. The van der Waals surface area contributed by atoms with Gasteiger partial charge in [0.05, 0.1) is 26.2 Å². The van der Waals surface area contributed by atoms with Crippen molar-refractivity contribution in [1.82, 2.24) is 0 Å². The number of aliphatic hydroxyl groups excluding tert-OH is 2. The number of hydrogen-bond donors (Lipinski definition) is 2. The molecule has 0 aliphatic carbocycles.